The van der Waals surface area contributed by atoms with Crippen LogP contribution in [0, 0.1) is 0 Å². The maximum absolute atomic E-state index is 11.0. The highest BCUT2D eigenvalue weighted by Crippen LogP contribution is 2.36. The summed E-state index contributed by atoms with van der Waals surface area (Å²) in [7, 11) is 0. The van der Waals surface area contributed by atoms with E-state index >= 15 is 0 Å². The minimum atomic E-state index is -0.530. The van der Waals surface area contributed by atoms with Crippen LogP contribution in [0.25, 0.3) is 0 Å². The number of halogens is 3. The average Bonchev–Trinajstić information content (AvgIpc) is 1.99. The van der Waals surface area contributed by atoms with E-state index in [0.29, 0.717) is 24.7 Å². The molecule has 0 aliphatic heterocycles. The number of carbonyl (C=O) groups is 1. The molecule has 0 aliphatic rings. The predicted molar refractivity (Wildman–Crippen MR) is 62.5 cm³/mol. The van der Waals surface area contributed by atoms with Crippen molar-refractivity contribution in [3.05, 3.63) is 25.0 Å². The lowest BCUT2D eigenvalue weighted by Gasteiger charge is -2.07. The van der Waals surface area contributed by atoms with Crippen LogP contribution in [0.4, 0.5) is 5.69 Å². The summed E-state index contributed by atoms with van der Waals surface area (Å²) in [6.45, 7) is 0. The molecule has 1 amide bonds. The summed E-state index contributed by atoms with van der Waals surface area (Å²) in [4.78, 5) is 11.0. The fourth-order valence-electron chi connectivity index (χ4n) is 0.831. The van der Waals surface area contributed by atoms with E-state index < -0.39 is 5.91 Å². The number of rotatable bonds is 1. The van der Waals surface area contributed by atoms with Crippen molar-refractivity contribution in [1.82, 2.24) is 0 Å². The summed E-state index contributed by atoms with van der Waals surface area (Å²) in [6, 6.07) is 1.68. The van der Waals surface area contributed by atoms with E-state index in [1.165, 1.54) is 0 Å². The number of anilines is 1. The molecule has 0 unspecified atom stereocenters. The summed E-state index contributed by atoms with van der Waals surface area (Å²) < 4.78 is 1.81. The summed E-state index contributed by atoms with van der Waals surface area (Å²) in [5.41, 5.74) is 11.6. The van der Waals surface area contributed by atoms with Crippen molar-refractivity contribution in [2.24, 2.45) is 5.73 Å². The van der Waals surface area contributed by atoms with Crippen molar-refractivity contribution >= 4 is 59.4 Å². The Morgan fingerprint density at radius 1 is 1.23 bits per heavy atom. The second kappa shape index (κ2) is 3.98. The largest absolute Gasteiger partial charge is 0.397 e. The quantitative estimate of drug-likeness (QED) is 0.744. The highest BCUT2D eigenvalue weighted by molar-refractivity contribution is 9.11. The molecular formula is C7H5Br3N2O. The third-order valence-corrected chi connectivity index (χ3v) is 3.56. The Morgan fingerprint density at radius 3 is 2.23 bits per heavy atom. The Hall–Kier alpha value is -0.0700. The highest BCUT2D eigenvalue weighted by Gasteiger charge is 2.15. The first-order chi connectivity index (χ1) is 5.95. The number of primary amides is 1. The molecule has 13 heavy (non-hydrogen) atoms. The van der Waals surface area contributed by atoms with Crippen molar-refractivity contribution in [3.63, 3.8) is 0 Å². The molecule has 0 aliphatic carbocycles. The second-order valence-corrected chi connectivity index (χ2v) is 4.81. The zero-order valence-electron chi connectivity index (χ0n) is 6.27. The van der Waals surface area contributed by atoms with E-state index in [1.807, 2.05) is 0 Å². The summed E-state index contributed by atoms with van der Waals surface area (Å²) in [5.74, 6) is -0.530. The van der Waals surface area contributed by atoms with Gasteiger partial charge in [-0.2, -0.15) is 0 Å². The molecule has 0 bridgehead atoms. The zero-order chi connectivity index (χ0) is 10.2. The molecule has 0 atom stereocenters. The van der Waals surface area contributed by atoms with Gasteiger partial charge >= 0.3 is 0 Å². The molecule has 6 heteroatoms. The lowest BCUT2D eigenvalue weighted by atomic mass is 10.2. The van der Waals surface area contributed by atoms with Gasteiger partial charge in [0.1, 0.15) is 0 Å². The van der Waals surface area contributed by atoms with Gasteiger partial charge in [0.25, 0.3) is 5.91 Å². The molecule has 1 aromatic carbocycles. The van der Waals surface area contributed by atoms with Gasteiger partial charge in [-0.25, -0.2) is 0 Å². The molecular weight excluding hydrogens is 368 g/mol. The highest BCUT2D eigenvalue weighted by atomic mass is 79.9. The molecule has 0 radical (unpaired) electrons. The Bertz CT molecular complexity index is 378. The van der Waals surface area contributed by atoms with Gasteiger partial charge in [0.05, 0.1) is 15.7 Å². The molecule has 0 aromatic heterocycles. The van der Waals surface area contributed by atoms with Crippen molar-refractivity contribution < 1.29 is 4.79 Å². The van der Waals surface area contributed by atoms with Crippen LogP contribution >= 0.6 is 47.8 Å². The molecule has 0 fully saturated rings. The maximum atomic E-state index is 11.0. The molecule has 0 saturated heterocycles. The van der Waals surface area contributed by atoms with E-state index in [0.717, 1.165) is 0 Å². The summed E-state index contributed by atoms with van der Waals surface area (Å²) >= 11 is 9.66. The molecule has 1 rings (SSSR count). The average molecular weight is 373 g/mol. The Balaban J connectivity index is 3.53. The van der Waals surface area contributed by atoms with Gasteiger partial charge in [0, 0.05) is 8.95 Å². The van der Waals surface area contributed by atoms with Crippen LogP contribution in [-0.2, 0) is 0 Å². The summed E-state index contributed by atoms with van der Waals surface area (Å²) in [6.07, 6.45) is 0. The lowest BCUT2D eigenvalue weighted by Crippen LogP contribution is -2.13. The summed E-state index contributed by atoms with van der Waals surface area (Å²) in [5, 5.41) is 0. The van der Waals surface area contributed by atoms with Crippen molar-refractivity contribution in [3.8, 4) is 0 Å². The van der Waals surface area contributed by atoms with Crippen LogP contribution in [0.15, 0.2) is 19.5 Å². The predicted octanol–water partition coefficient (Wildman–Crippen LogP) is 2.66. The number of benzene rings is 1. The Morgan fingerprint density at radius 2 is 1.77 bits per heavy atom. The van der Waals surface area contributed by atoms with Gasteiger partial charge in [-0.3, -0.25) is 4.79 Å². The molecule has 4 N–H and O–H groups in total. The fraction of sp³-hybridized carbons (Fsp3) is 0. The third-order valence-electron chi connectivity index (χ3n) is 1.45. The SMILES string of the molecule is NC(=O)c1c(Br)cc(Br)c(N)c1Br. The standard InChI is InChI=1S/C7H5Br3N2O/c8-2-1-3(9)6(11)5(10)4(2)7(12)13/h1H,11H2,(H2,12,13). The third kappa shape index (κ3) is 2.05. The monoisotopic (exact) mass is 370 g/mol. The van der Waals surface area contributed by atoms with Gasteiger partial charge in [-0.15, -0.1) is 0 Å². The maximum Gasteiger partial charge on any atom is 0.251 e. The first-order valence-corrected chi connectivity index (χ1v) is 5.55. The van der Waals surface area contributed by atoms with Crippen molar-refractivity contribution in [1.29, 1.82) is 0 Å². The number of hydrogen-bond acceptors (Lipinski definition) is 2. The number of carbonyl (C=O) groups excluding carboxylic acids is 1. The van der Waals surface area contributed by atoms with E-state index in [1.54, 1.807) is 6.07 Å². The van der Waals surface area contributed by atoms with E-state index in [4.69, 9.17) is 11.5 Å². The van der Waals surface area contributed by atoms with Gasteiger partial charge in [0.2, 0.25) is 0 Å². The van der Waals surface area contributed by atoms with Gasteiger partial charge in [-0.05, 0) is 53.9 Å². The van der Waals surface area contributed by atoms with Crippen molar-refractivity contribution in [2.75, 3.05) is 5.73 Å². The molecule has 0 spiro atoms. The van der Waals surface area contributed by atoms with E-state index in [9.17, 15) is 4.79 Å². The van der Waals surface area contributed by atoms with E-state index in [-0.39, 0.29) is 0 Å². The first-order valence-electron chi connectivity index (χ1n) is 3.18. The van der Waals surface area contributed by atoms with Gasteiger partial charge in [-0.1, -0.05) is 0 Å². The first kappa shape index (κ1) is 11.0. The van der Waals surface area contributed by atoms with Crippen LogP contribution in [-0.4, -0.2) is 5.91 Å². The second-order valence-electron chi connectivity index (χ2n) is 2.31. The van der Waals surface area contributed by atoms with Crippen LogP contribution < -0.4 is 11.5 Å². The van der Waals surface area contributed by atoms with Gasteiger partial charge in [0.15, 0.2) is 0 Å². The molecule has 70 valence electrons. The van der Waals surface area contributed by atoms with Crippen molar-refractivity contribution in [2.45, 2.75) is 0 Å². The normalized spacial score (nSPS) is 10.1. The Kier molecular flexibility index (Phi) is 3.37. The van der Waals surface area contributed by atoms with Crippen LogP contribution in [0.3, 0.4) is 0 Å². The molecule has 0 saturated carbocycles. The van der Waals surface area contributed by atoms with Crippen LogP contribution in [0.5, 0.6) is 0 Å². The van der Waals surface area contributed by atoms with Crippen LogP contribution in [0.2, 0.25) is 0 Å². The Labute approximate surface area is 100 Å². The lowest BCUT2D eigenvalue weighted by molar-refractivity contribution is 0.0999. The topological polar surface area (TPSA) is 69.1 Å². The minimum Gasteiger partial charge on any atom is -0.397 e. The smallest absolute Gasteiger partial charge is 0.251 e. The number of hydrogen-bond donors (Lipinski definition) is 2. The molecule has 3 nitrogen and oxygen atoms in total. The zero-order valence-corrected chi connectivity index (χ0v) is 11.0. The molecule has 1 aromatic rings. The fourth-order valence-corrected chi connectivity index (χ4v) is 3.34. The molecule has 0 heterocycles. The van der Waals surface area contributed by atoms with Crippen LogP contribution in [0.1, 0.15) is 10.4 Å². The van der Waals surface area contributed by atoms with Gasteiger partial charge < -0.3 is 11.5 Å². The number of nitrogens with two attached hydrogens (primary N) is 2. The number of amides is 1. The minimum absolute atomic E-state index is 0.348. The number of nitrogen functional groups attached to an aromatic ring is 1. The van der Waals surface area contributed by atoms with E-state index in [2.05, 4.69) is 47.8 Å².